The smallest absolute Gasteiger partial charge is 0.355 e. The highest BCUT2D eigenvalue weighted by molar-refractivity contribution is 7.09. The van der Waals surface area contributed by atoms with Crippen LogP contribution in [0.4, 0.5) is 0 Å². The van der Waals surface area contributed by atoms with Crippen LogP contribution in [0, 0.1) is 5.92 Å². The molecule has 1 aromatic rings. The van der Waals surface area contributed by atoms with Crippen molar-refractivity contribution in [1.29, 1.82) is 0 Å². The van der Waals surface area contributed by atoms with Crippen LogP contribution in [-0.2, 0) is 11.2 Å². The van der Waals surface area contributed by atoms with Gasteiger partial charge in [-0.15, -0.1) is 11.3 Å². The number of carboxylic acids is 1. The number of carbonyl (C=O) groups is 2. The second kappa shape index (κ2) is 6.81. The molecule has 0 aromatic carbocycles. The van der Waals surface area contributed by atoms with E-state index in [-0.39, 0.29) is 17.5 Å². The van der Waals surface area contributed by atoms with E-state index < -0.39 is 5.97 Å². The first-order valence-electron chi connectivity index (χ1n) is 6.70. The van der Waals surface area contributed by atoms with Gasteiger partial charge in [-0.3, -0.25) is 4.79 Å². The van der Waals surface area contributed by atoms with Gasteiger partial charge in [0.05, 0.1) is 10.9 Å². The Morgan fingerprint density at radius 2 is 2.40 bits per heavy atom. The lowest BCUT2D eigenvalue weighted by Crippen LogP contribution is -2.41. The van der Waals surface area contributed by atoms with Gasteiger partial charge in [-0.2, -0.15) is 0 Å². The molecule has 0 saturated carbocycles. The first-order chi connectivity index (χ1) is 9.56. The second-order valence-electron chi connectivity index (χ2n) is 5.07. The van der Waals surface area contributed by atoms with Crippen molar-refractivity contribution in [2.75, 3.05) is 26.7 Å². The van der Waals surface area contributed by atoms with Crippen molar-refractivity contribution >= 4 is 23.2 Å². The van der Waals surface area contributed by atoms with Gasteiger partial charge in [0.1, 0.15) is 0 Å². The van der Waals surface area contributed by atoms with Crippen LogP contribution in [0.1, 0.15) is 28.3 Å². The normalized spacial score (nSPS) is 19.8. The predicted octanol–water partition coefficient (Wildman–Crippen LogP) is 0.842. The lowest BCUT2D eigenvalue weighted by Gasteiger charge is -2.28. The van der Waals surface area contributed by atoms with Gasteiger partial charge in [0.15, 0.2) is 5.69 Å². The van der Waals surface area contributed by atoms with Crippen molar-refractivity contribution in [3.8, 4) is 0 Å². The SMILES string of the molecule is CN1CCCC(C(=O)NCCc2nc(C(=O)O)cs2)C1. The summed E-state index contributed by atoms with van der Waals surface area (Å²) in [6.07, 6.45) is 2.58. The highest BCUT2D eigenvalue weighted by Gasteiger charge is 2.23. The summed E-state index contributed by atoms with van der Waals surface area (Å²) in [5, 5.41) is 14.0. The van der Waals surface area contributed by atoms with E-state index in [1.165, 1.54) is 16.7 Å². The van der Waals surface area contributed by atoms with Gasteiger partial charge < -0.3 is 15.3 Å². The first-order valence-corrected chi connectivity index (χ1v) is 7.58. The standard InChI is InChI=1S/C13H19N3O3S/c1-16-6-2-3-9(7-16)12(17)14-5-4-11-15-10(8-20-11)13(18)19/h8-9H,2-7H2,1H3,(H,14,17)(H,18,19). The number of carbonyl (C=O) groups excluding carboxylic acids is 1. The minimum Gasteiger partial charge on any atom is -0.476 e. The summed E-state index contributed by atoms with van der Waals surface area (Å²) in [6, 6.07) is 0. The van der Waals surface area contributed by atoms with Crippen LogP contribution in [-0.4, -0.2) is 53.5 Å². The summed E-state index contributed by atoms with van der Waals surface area (Å²) in [7, 11) is 2.03. The molecular weight excluding hydrogens is 278 g/mol. The Balaban J connectivity index is 1.74. The molecule has 1 aliphatic rings. The molecule has 0 bridgehead atoms. The lowest BCUT2D eigenvalue weighted by molar-refractivity contribution is -0.126. The topological polar surface area (TPSA) is 82.5 Å². The highest BCUT2D eigenvalue weighted by atomic mass is 32.1. The molecule has 1 saturated heterocycles. The molecule has 0 spiro atoms. The van der Waals surface area contributed by atoms with Crippen LogP contribution in [0.2, 0.25) is 0 Å². The van der Waals surface area contributed by atoms with Gasteiger partial charge in [0.2, 0.25) is 5.91 Å². The van der Waals surface area contributed by atoms with Gasteiger partial charge in [0.25, 0.3) is 0 Å². The molecule has 2 N–H and O–H groups in total. The Kier molecular flexibility index (Phi) is 5.08. The zero-order valence-corrected chi connectivity index (χ0v) is 12.3. The van der Waals surface area contributed by atoms with Crippen molar-refractivity contribution in [1.82, 2.24) is 15.2 Å². The number of nitrogens with one attached hydrogen (secondary N) is 1. The summed E-state index contributed by atoms with van der Waals surface area (Å²) >= 11 is 1.31. The molecule has 1 aliphatic heterocycles. The largest absolute Gasteiger partial charge is 0.476 e. The third-order valence-electron chi connectivity index (χ3n) is 3.40. The minimum absolute atomic E-state index is 0.0691. The molecule has 1 aromatic heterocycles. The van der Waals surface area contributed by atoms with Crippen molar-refractivity contribution in [2.24, 2.45) is 5.92 Å². The average Bonchev–Trinajstić information content (AvgIpc) is 2.87. The molecule has 110 valence electrons. The molecule has 1 unspecified atom stereocenters. The molecule has 6 nitrogen and oxygen atoms in total. The fourth-order valence-corrected chi connectivity index (χ4v) is 3.11. The predicted molar refractivity (Wildman–Crippen MR) is 76.0 cm³/mol. The summed E-state index contributed by atoms with van der Waals surface area (Å²) in [6.45, 7) is 2.37. The van der Waals surface area contributed by atoms with Gasteiger partial charge >= 0.3 is 5.97 Å². The van der Waals surface area contributed by atoms with E-state index in [0.717, 1.165) is 30.9 Å². The Morgan fingerprint density at radius 1 is 1.60 bits per heavy atom. The number of thiazole rings is 1. The van der Waals surface area contributed by atoms with E-state index in [4.69, 9.17) is 5.11 Å². The molecule has 1 amide bonds. The average molecular weight is 297 g/mol. The molecule has 2 heterocycles. The van der Waals surface area contributed by atoms with Crippen molar-refractivity contribution in [3.05, 3.63) is 16.1 Å². The van der Waals surface area contributed by atoms with E-state index in [2.05, 4.69) is 15.2 Å². The van der Waals surface area contributed by atoms with Gasteiger partial charge in [-0.25, -0.2) is 9.78 Å². The van der Waals surface area contributed by atoms with Crippen LogP contribution < -0.4 is 5.32 Å². The van der Waals surface area contributed by atoms with Crippen LogP contribution in [0.5, 0.6) is 0 Å². The lowest BCUT2D eigenvalue weighted by atomic mass is 9.97. The molecule has 1 fully saturated rings. The van der Waals surface area contributed by atoms with Gasteiger partial charge in [-0.1, -0.05) is 0 Å². The summed E-state index contributed by atoms with van der Waals surface area (Å²) in [4.78, 5) is 28.9. The molecule has 7 heteroatoms. The van der Waals surface area contributed by atoms with Crippen LogP contribution in [0.15, 0.2) is 5.38 Å². The van der Waals surface area contributed by atoms with E-state index in [9.17, 15) is 9.59 Å². The number of piperidine rings is 1. The first kappa shape index (κ1) is 14.9. The molecule has 2 rings (SSSR count). The van der Waals surface area contributed by atoms with Crippen molar-refractivity contribution in [2.45, 2.75) is 19.3 Å². The molecule has 0 aliphatic carbocycles. The van der Waals surface area contributed by atoms with E-state index in [1.807, 2.05) is 7.05 Å². The number of hydrogen-bond acceptors (Lipinski definition) is 5. The maximum Gasteiger partial charge on any atom is 0.355 e. The number of likely N-dealkylation sites (tertiary alicyclic amines) is 1. The molecule has 20 heavy (non-hydrogen) atoms. The minimum atomic E-state index is -1.01. The number of nitrogens with zero attached hydrogens (tertiary/aromatic N) is 2. The van der Waals surface area contributed by atoms with Gasteiger partial charge in [-0.05, 0) is 26.4 Å². The number of carboxylic acid groups (broad SMARTS) is 1. The van der Waals surface area contributed by atoms with Crippen LogP contribution in [0.3, 0.4) is 0 Å². The fraction of sp³-hybridized carbons (Fsp3) is 0.615. The van der Waals surface area contributed by atoms with Crippen LogP contribution in [0.25, 0.3) is 0 Å². The maximum absolute atomic E-state index is 12.0. The zero-order chi connectivity index (χ0) is 14.5. The van der Waals surface area contributed by atoms with Gasteiger partial charge in [0, 0.05) is 24.9 Å². The summed E-state index contributed by atoms with van der Waals surface area (Å²) in [5.41, 5.74) is 0.0743. The Bertz CT molecular complexity index is 489. The Hall–Kier alpha value is -1.47. The highest BCUT2D eigenvalue weighted by Crippen LogP contribution is 2.15. The number of hydrogen-bond donors (Lipinski definition) is 2. The van der Waals surface area contributed by atoms with Crippen molar-refractivity contribution < 1.29 is 14.7 Å². The zero-order valence-electron chi connectivity index (χ0n) is 11.5. The molecule has 0 radical (unpaired) electrons. The van der Waals surface area contributed by atoms with E-state index >= 15 is 0 Å². The van der Waals surface area contributed by atoms with E-state index in [1.54, 1.807) is 0 Å². The number of aromatic nitrogens is 1. The van der Waals surface area contributed by atoms with Crippen molar-refractivity contribution in [3.63, 3.8) is 0 Å². The third kappa shape index (κ3) is 4.01. The molecule has 1 atom stereocenters. The fourth-order valence-electron chi connectivity index (χ4n) is 2.34. The monoisotopic (exact) mass is 297 g/mol. The maximum atomic E-state index is 12.0. The number of rotatable bonds is 5. The number of aromatic carboxylic acids is 1. The Morgan fingerprint density at radius 3 is 3.05 bits per heavy atom. The van der Waals surface area contributed by atoms with E-state index in [0.29, 0.717) is 13.0 Å². The summed E-state index contributed by atoms with van der Waals surface area (Å²) < 4.78 is 0. The quantitative estimate of drug-likeness (QED) is 0.841. The third-order valence-corrected chi connectivity index (χ3v) is 4.31. The Labute approximate surface area is 121 Å². The second-order valence-corrected chi connectivity index (χ2v) is 6.02. The van der Waals surface area contributed by atoms with Crippen LogP contribution >= 0.6 is 11.3 Å². The molecular formula is C13H19N3O3S. The number of amides is 1. The summed E-state index contributed by atoms with van der Waals surface area (Å²) in [5.74, 6) is -0.854.